The number of aliphatic hydroxyl groups is 2. The molecule has 2 N–H and O–H groups in total. The average Bonchev–Trinajstić information content (AvgIpc) is 2.00. The molecule has 1 atom stereocenters. The maximum absolute atomic E-state index is 9.75. The number of hydrogen-bond acceptors (Lipinski definition) is 2. The first-order valence-corrected chi connectivity index (χ1v) is 4.56. The zero-order valence-corrected chi connectivity index (χ0v) is 8.14. The second kappa shape index (κ2) is 5.33. The Balaban J connectivity index is 3.88. The second-order valence-corrected chi connectivity index (χ2v) is 3.45. The summed E-state index contributed by atoms with van der Waals surface area (Å²) in [6, 6.07) is 0. The molecule has 0 aromatic carbocycles. The number of hydrogen-bond donors (Lipinski definition) is 2. The van der Waals surface area contributed by atoms with Crippen LogP contribution >= 0.6 is 0 Å². The first-order valence-electron chi connectivity index (χ1n) is 4.56. The largest absolute Gasteiger partial charge is 0.396 e. The SMILES string of the molecule is C=C(CCCC)C(C)(O)CCO. The van der Waals surface area contributed by atoms with E-state index in [-0.39, 0.29) is 6.61 Å². The smallest absolute Gasteiger partial charge is 0.0847 e. The van der Waals surface area contributed by atoms with Crippen molar-refractivity contribution in [1.82, 2.24) is 0 Å². The summed E-state index contributed by atoms with van der Waals surface area (Å²) >= 11 is 0. The van der Waals surface area contributed by atoms with Gasteiger partial charge >= 0.3 is 0 Å². The van der Waals surface area contributed by atoms with Crippen molar-refractivity contribution in [3.05, 3.63) is 12.2 Å². The molecule has 0 amide bonds. The molecule has 0 saturated carbocycles. The summed E-state index contributed by atoms with van der Waals surface area (Å²) in [6.07, 6.45) is 3.40. The number of aliphatic hydroxyl groups excluding tert-OH is 1. The fourth-order valence-electron chi connectivity index (χ4n) is 1.05. The molecule has 0 aliphatic heterocycles. The number of unbranched alkanes of at least 4 members (excludes halogenated alkanes) is 1. The first kappa shape index (κ1) is 11.7. The summed E-state index contributed by atoms with van der Waals surface area (Å²) < 4.78 is 0. The van der Waals surface area contributed by atoms with Crippen LogP contribution in [0.25, 0.3) is 0 Å². The van der Waals surface area contributed by atoms with Crippen molar-refractivity contribution in [1.29, 1.82) is 0 Å². The van der Waals surface area contributed by atoms with Crippen LogP contribution in [0.15, 0.2) is 12.2 Å². The highest BCUT2D eigenvalue weighted by Crippen LogP contribution is 2.22. The Morgan fingerprint density at radius 2 is 2.08 bits per heavy atom. The molecule has 0 rings (SSSR count). The molecule has 0 bridgehead atoms. The quantitative estimate of drug-likeness (QED) is 0.600. The minimum atomic E-state index is -0.885. The zero-order valence-electron chi connectivity index (χ0n) is 8.14. The van der Waals surface area contributed by atoms with Crippen molar-refractivity contribution < 1.29 is 10.2 Å². The van der Waals surface area contributed by atoms with Crippen molar-refractivity contribution in [2.24, 2.45) is 0 Å². The Labute approximate surface area is 74.9 Å². The fraction of sp³-hybridized carbons (Fsp3) is 0.800. The highest BCUT2D eigenvalue weighted by molar-refractivity contribution is 5.10. The third kappa shape index (κ3) is 3.88. The Bertz CT molecular complexity index is 139. The van der Waals surface area contributed by atoms with Gasteiger partial charge in [0.25, 0.3) is 0 Å². The van der Waals surface area contributed by atoms with Gasteiger partial charge in [-0.15, -0.1) is 0 Å². The van der Waals surface area contributed by atoms with Crippen molar-refractivity contribution >= 4 is 0 Å². The van der Waals surface area contributed by atoms with E-state index in [1.807, 2.05) is 0 Å². The van der Waals surface area contributed by atoms with E-state index in [4.69, 9.17) is 5.11 Å². The lowest BCUT2D eigenvalue weighted by Crippen LogP contribution is -2.27. The van der Waals surface area contributed by atoms with Crippen LogP contribution in [0.1, 0.15) is 39.5 Å². The van der Waals surface area contributed by atoms with Crippen LogP contribution in [0.5, 0.6) is 0 Å². The van der Waals surface area contributed by atoms with E-state index in [9.17, 15) is 5.11 Å². The highest BCUT2D eigenvalue weighted by Gasteiger charge is 2.22. The van der Waals surface area contributed by atoms with E-state index in [0.29, 0.717) is 6.42 Å². The Kier molecular flexibility index (Phi) is 5.18. The molecular weight excluding hydrogens is 152 g/mol. The molecule has 0 radical (unpaired) electrons. The first-order chi connectivity index (χ1) is 5.54. The number of rotatable bonds is 6. The summed E-state index contributed by atoms with van der Waals surface area (Å²) in [6.45, 7) is 7.65. The highest BCUT2D eigenvalue weighted by atomic mass is 16.3. The molecule has 2 nitrogen and oxygen atoms in total. The Morgan fingerprint density at radius 3 is 2.50 bits per heavy atom. The van der Waals surface area contributed by atoms with Gasteiger partial charge in [-0.1, -0.05) is 19.9 Å². The van der Waals surface area contributed by atoms with Crippen LogP contribution in [-0.2, 0) is 0 Å². The minimum absolute atomic E-state index is 0.0120. The van der Waals surface area contributed by atoms with Gasteiger partial charge in [-0.05, 0) is 25.3 Å². The Morgan fingerprint density at radius 1 is 1.50 bits per heavy atom. The third-order valence-electron chi connectivity index (χ3n) is 2.19. The zero-order chi connectivity index (χ0) is 9.61. The molecule has 0 aromatic rings. The molecule has 12 heavy (non-hydrogen) atoms. The average molecular weight is 172 g/mol. The summed E-state index contributed by atoms with van der Waals surface area (Å²) in [5.41, 5.74) is -0.0531. The predicted octanol–water partition coefficient (Wildman–Crippen LogP) is 1.87. The molecular formula is C10H20O2. The van der Waals surface area contributed by atoms with E-state index >= 15 is 0 Å². The van der Waals surface area contributed by atoms with Gasteiger partial charge in [0, 0.05) is 13.0 Å². The summed E-state index contributed by atoms with van der Waals surface area (Å²) in [5, 5.41) is 18.4. The van der Waals surface area contributed by atoms with Crippen LogP contribution in [0, 0.1) is 0 Å². The van der Waals surface area contributed by atoms with Gasteiger partial charge < -0.3 is 10.2 Å². The molecule has 2 heteroatoms. The normalized spacial score (nSPS) is 15.7. The summed E-state index contributed by atoms with van der Waals surface area (Å²) in [5.74, 6) is 0. The Hall–Kier alpha value is -0.340. The van der Waals surface area contributed by atoms with E-state index in [1.165, 1.54) is 0 Å². The van der Waals surface area contributed by atoms with Crippen LogP contribution in [0.2, 0.25) is 0 Å². The summed E-state index contributed by atoms with van der Waals surface area (Å²) in [4.78, 5) is 0. The fourth-order valence-corrected chi connectivity index (χ4v) is 1.05. The van der Waals surface area contributed by atoms with E-state index < -0.39 is 5.60 Å². The van der Waals surface area contributed by atoms with Crippen LogP contribution in [0.4, 0.5) is 0 Å². The molecule has 1 unspecified atom stereocenters. The van der Waals surface area contributed by atoms with E-state index in [2.05, 4.69) is 13.5 Å². The minimum Gasteiger partial charge on any atom is -0.396 e. The van der Waals surface area contributed by atoms with E-state index in [0.717, 1.165) is 24.8 Å². The van der Waals surface area contributed by atoms with Gasteiger partial charge in [0.05, 0.1) is 5.60 Å². The van der Waals surface area contributed by atoms with E-state index in [1.54, 1.807) is 6.92 Å². The molecule has 0 heterocycles. The molecule has 0 spiro atoms. The summed E-state index contributed by atoms with van der Waals surface area (Å²) in [7, 11) is 0. The van der Waals surface area contributed by atoms with Gasteiger partial charge in [0.15, 0.2) is 0 Å². The topological polar surface area (TPSA) is 40.5 Å². The maximum atomic E-state index is 9.75. The molecule has 0 aromatic heterocycles. The molecule has 0 saturated heterocycles. The molecule has 0 aliphatic carbocycles. The van der Waals surface area contributed by atoms with Crippen molar-refractivity contribution in [3.63, 3.8) is 0 Å². The van der Waals surface area contributed by atoms with Crippen LogP contribution < -0.4 is 0 Å². The molecule has 0 aliphatic rings. The predicted molar refractivity (Wildman–Crippen MR) is 51.0 cm³/mol. The van der Waals surface area contributed by atoms with Crippen LogP contribution in [0.3, 0.4) is 0 Å². The second-order valence-electron chi connectivity index (χ2n) is 3.45. The lowest BCUT2D eigenvalue weighted by Gasteiger charge is -2.24. The van der Waals surface area contributed by atoms with Gasteiger partial charge in [0.1, 0.15) is 0 Å². The van der Waals surface area contributed by atoms with Gasteiger partial charge in [0.2, 0.25) is 0 Å². The monoisotopic (exact) mass is 172 g/mol. The maximum Gasteiger partial charge on any atom is 0.0847 e. The van der Waals surface area contributed by atoms with Crippen molar-refractivity contribution in [2.45, 2.75) is 45.1 Å². The van der Waals surface area contributed by atoms with Gasteiger partial charge in [-0.2, -0.15) is 0 Å². The standard InChI is InChI=1S/C10H20O2/c1-4-5-6-9(2)10(3,12)7-8-11/h11-12H,2,4-8H2,1,3H3. The third-order valence-corrected chi connectivity index (χ3v) is 2.19. The van der Waals surface area contributed by atoms with Crippen molar-refractivity contribution in [2.75, 3.05) is 6.61 Å². The van der Waals surface area contributed by atoms with Gasteiger partial charge in [-0.3, -0.25) is 0 Å². The van der Waals surface area contributed by atoms with Crippen LogP contribution in [-0.4, -0.2) is 22.4 Å². The van der Waals surface area contributed by atoms with Crippen molar-refractivity contribution in [3.8, 4) is 0 Å². The lowest BCUT2D eigenvalue weighted by molar-refractivity contribution is 0.0646. The molecule has 0 fully saturated rings. The molecule has 72 valence electrons. The van der Waals surface area contributed by atoms with Gasteiger partial charge in [-0.25, -0.2) is 0 Å². The lowest BCUT2D eigenvalue weighted by atomic mass is 9.90.